The normalized spacial score (nSPS) is 20.6. The Balaban J connectivity index is 2.32. The molecule has 90 valence electrons. The van der Waals surface area contributed by atoms with Gasteiger partial charge in [-0.2, -0.15) is 0 Å². The summed E-state index contributed by atoms with van der Waals surface area (Å²) in [5.41, 5.74) is 5.71. The number of hydrogen-bond donors (Lipinski definition) is 2. The lowest BCUT2D eigenvalue weighted by Gasteiger charge is -2.30. The summed E-state index contributed by atoms with van der Waals surface area (Å²) >= 11 is 0. The first-order chi connectivity index (χ1) is 7.12. The van der Waals surface area contributed by atoms with Gasteiger partial charge in [0, 0.05) is 25.2 Å². The van der Waals surface area contributed by atoms with Gasteiger partial charge in [-0.05, 0) is 32.6 Å². The molecule has 0 heterocycles. The van der Waals surface area contributed by atoms with Crippen LogP contribution in [0.4, 0.5) is 0 Å². The van der Waals surface area contributed by atoms with Crippen LogP contribution in [0.25, 0.3) is 0 Å². The zero-order valence-corrected chi connectivity index (χ0v) is 10.0. The third kappa shape index (κ3) is 4.49. The zero-order valence-electron chi connectivity index (χ0n) is 10.0. The molecular weight excluding hydrogens is 190 g/mol. The van der Waals surface area contributed by atoms with Crippen molar-refractivity contribution < 1.29 is 9.84 Å². The van der Waals surface area contributed by atoms with Crippen molar-refractivity contribution in [1.82, 2.24) is 0 Å². The molecule has 0 aromatic carbocycles. The molecule has 0 aromatic heterocycles. The van der Waals surface area contributed by atoms with E-state index in [0.717, 1.165) is 18.8 Å². The lowest BCUT2D eigenvalue weighted by atomic mass is 9.80. The second kappa shape index (κ2) is 5.83. The number of hydrogen-bond acceptors (Lipinski definition) is 3. The molecule has 1 aliphatic carbocycles. The average molecular weight is 215 g/mol. The van der Waals surface area contributed by atoms with Crippen LogP contribution in [0.15, 0.2) is 0 Å². The van der Waals surface area contributed by atoms with Gasteiger partial charge in [0.15, 0.2) is 0 Å². The molecule has 3 N–H and O–H groups in total. The Hall–Kier alpha value is -0.120. The largest absolute Gasteiger partial charge is 0.396 e. The summed E-state index contributed by atoms with van der Waals surface area (Å²) in [4.78, 5) is 0. The van der Waals surface area contributed by atoms with Gasteiger partial charge in [-0.1, -0.05) is 12.8 Å². The molecule has 1 saturated carbocycles. The minimum atomic E-state index is -0.0872. The molecule has 1 unspecified atom stereocenters. The van der Waals surface area contributed by atoms with Crippen LogP contribution in [-0.2, 0) is 4.74 Å². The van der Waals surface area contributed by atoms with Gasteiger partial charge < -0.3 is 15.6 Å². The van der Waals surface area contributed by atoms with Gasteiger partial charge in [0.25, 0.3) is 0 Å². The van der Waals surface area contributed by atoms with E-state index in [9.17, 15) is 5.11 Å². The quantitative estimate of drug-likeness (QED) is 0.646. The van der Waals surface area contributed by atoms with E-state index in [1.165, 1.54) is 12.8 Å². The lowest BCUT2D eigenvalue weighted by molar-refractivity contribution is 0.0271. The monoisotopic (exact) mass is 215 g/mol. The van der Waals surface area contributed by atoms with Gasteiger partial charge >= 0.3 is 0 Å². The number of nitrogens with two attached hydrogens (primary N) is 1. The first kappa shape index (κ1) is 12.9. The summed E-state index contributed by atoms with van der Waals surface area (Å²) in [6.45, 7) is 5.54. The summed E-state index contributed by atoms with van der Waals surface area (Å²) in [5.74, 6) is 0.805. The van der Waals surface area contributed by atoms with Crippen molar-refractivity contribution >= 4 is 0 Å². The Morgan fingerprint density at radius 1 is 1.47 bits per heavy atom. The van der Waals surface area contributed by atoms with Crippen molar-refractivity contribution in [2.24, 2.45) is 17.1 Å². The van der Waals surface area contributed by atoms with E-state index >= 15 is 0 Å². The van der Waals surface area contributed by atoms with Crippen molar-refractivity contribution in [3.05, 3.63) is 0 Å². The molecular formula is C12H25NO2. The van der Waals surface area contributed by atoms with Crippen molar-refractivity contribution in [3.8, 4) is 0 Å². The van der Waals surface area contributed by atoms with Gasteiger partial charge in [0.1, 0.15) is 0 Å². The highest BCUT2D eigenvalue weighted by molar-refractivity contribution is 4.87. The van der Waals surface area contributed by atoms with Crippen molar-refractivity contribution in [2.45, 2.75) is 45.6 Å². The highest BCUT2D eigenvalue weighted by Crippen LogP contribution is 2.41. The summed E-state index contributed by atoms with van der Waals surface area (Å²) < 4.78 is 5.54. The first-order valence-corrected chi connectivity index (χ1v) is 6.04. The highest BCUT2D eigenvalue weighted by atomic mass is 16.5. The van der Waals surface area contributed by atoms with Gasteiger partial charge in [-0.15, -0.1) is 0 Å². The van der Waals surface area contributed by atoms with Crippen LogP contribution in [-0.4, -0.2) is 31.0 Å². The molecule has 1 rings (SSSR count). The van der Waals surface area contributed by atoms with E-state index < -0.39 is 0 Å². The molecule has 15 heavy (non-hydrogen) atoms. The fraction of sp³-hybridized carbons (Fsp3) is 1.00. The fourth-order valence-corrected chi connectivity index (χ4v) is 1.94. The smallest absolute Gasteiger partial charge is 0.0518 e. The topological polar surface area (TPSA) is 55.5 Å². The van der Waals surface area contributed by atoms with Crippen molar-refractivity contribution in [1.29, 1.82) is 0 Å². The SMILES string of the molecule is CC(C)OCCC(CN)(CO)CC1CC1. The molecule has 1 aliphatic rings. The molecule has 3 nitrogen and oxygen atoms in total. The Morgan fingerprint density at radius 2 is 2.13 bits per heavy atom. The molecule has 1 fully saturated rings. The first-order valence-electron chi connectivity index (χ1n) is 6.04. The van der Waals surface area contributed by atoms with Crippen LogP contribution in [0.2, 0.25) is 0 Å². The fourth-order valence-electron chi connectivity index (χ4n) is 1.94. The van der Waals surface area contributed by atoms with Gasteiger partial charge in [-0.3, -0.25) is 0 Å². The second-order valence-electron chi connectivity index (χ2n) is 5.18. The third-order valence-electron chi connectivity index (χ3n) is 3.27. The lowest BCUT2D eigenvalue weighted by Crippen LogP contribution is -2.36. The zero-order chi connectivity index (χ0) is 11.3. The maximum Gasteiger partial charge on any atom is 0.0518 e. The van der Waals surface area contributed by atoms with Crippen LogP contribution in [0.5, 0.6) is 0 Å². The Kier molecular flexibility index (Phi) is 5.03. The van der Waals surface area contributed by atoms with Crippen LogP contribution in [0, 0.1) is 11.3 Å². The summed E-state index contributed by atoms with van der Waals surface area (Å²) in [6.07, 6.45) is 4.84. The maximum atomic E-state index is 9.48. The van der Waals surface area contributed by atoms with Crippen LogP contribution >= 0.6 is 0 Å². The summed E-state index contributed by atoms with van der Waals surface area (Å²) in [7, 11) is 0. The van der Waals surface area contributed by atoms with Crippen LogP contribution in [0.3, 0.4) is 0 Å². The standard InChI is InChI=1S/C12H25NO2/c1-10(2)15-6-5-12(8-13,9-14)7-11-3-4-11/h10-11,14H,3-9,13H2,1-2H3. The predicted molar refractivity (Wildman–Crippen MR) is 61.6 cm³/mol. The average Bonchev–Trinajstić information content (AvgIpc) is 2.99. The Bertz CT molecular complexity index is 174. The minimum Gasteiger partial charge on any atom is -0.396 e. The van der Waals surface area contributed by atoms with Gasteiger partial charge in [0.05, 0.1) is 6.10 Å². The molecule has 0 spiro atoms. The van der Waals surface area contributed by atoms with E-state index in [0.29, 0.717) is 13.2 Å². The van der Waals surface area contributed by atoms with Crippen LogP contribution < -0.4 is 5.73 Å². The third-order valence-corrected chi connectivity index (χ3v) is 3.27. The van der Waals surface area contributed by atoms with Crippen LogP contribution in [0.1, 0.15) is 39.5 Å². The maximum absolute atomic E-state index is 9.48. The Morgan fingerprint density at radius 3 is 2.53 bits per heavy atom. The van der Waals surface area contributed by atoms with E-state index in [-0.39, 0.29) is 18.1 Å². The predicted octanol–water partition coefficient (Wildman–Crippen LogP) is 1.54. The molecule has 0 saturated heterocycles. The molecule has 0 aliphatic heterocycles. The van der Waals surface area contributed by atoms with Gasteiger partial charge in [0.2, 0.25) is 0 Å². The number of aliphatic hydroxyl groups is 1. The second-order valence-corrected chi connectivity index (χ2v) is 5.18. The molecule has 0 radical (unpaired) electrons. The minimum absolute atomic E-state index is 0.0872. The van der Waals surface area contributed by atoms with E-state index in [4.69, 9.17) is 10.5 Å². The van der Waals surface area contributed by atoms with Gasteiger partial charge in [-0.25, -0.2) is 0 Å². The number of ether oxygens (including phenoxy) is 1. The van der Waals surface area contributed by atoms with E-state index in [1.54, 1.807) is 0 Å². The molecule has 3 heteroatoms. The van der Waals surface area contributed by atoms with Crippen molar-refractivity contribution in [3.63, 3.8) is 0 Å². The Labute approximate surface area is 93.0 Å². The number of aliphatic hydroxyl groups excluding tert-OH is 1. The summed E-state index contributed by atoms with van der Waals surface area (Å²) in [6, 6.07) is 0. The van der Waals surface area contributed by atoms with Crippen molar-refractivity contribution in [2.75, 3.05) is 19.8 Å². The molecule has 0 amide bonds. The highest BCUT2D eigenvalue weighted by Gasteiger charge is 2.35. The van der Waals surface area contributed by atoms with E-state index in [2.05, 4.69) is 0 Å². The summed E-state index contributed by atoms with van der Waals surface area (Å²) in [5, 5.41) is 9.48. The van der Waals surface area contributed by atoms with E-state index in [1.807, 2.05) is 13.8 Å². The molecule has 0 aromatic rings. The number of rotatable bonds is 8. The molecule has 0 bridgehead atoms. The molecule has 1 atom stereocenters.